The number of carbonyl (C=O) groups is 1. The number of hydrogen-bond donors (Lipinski definition) is 2. The van der Waals surface area contributed by atoms with Crippen molar-refractivity contribution in [1.29, 1.82) is 0 Å². The summed E-state index contributed by atoms with van der Waals surface area (Å²) in [4.78, 5) is 18.8. The van der Waals surface area contributed by atoms with Gasteiger partial charge in [-0.15, -0.1) is 0 Å². The predicted octanol–water partition coefficient (Wildman–Crippen LogP) is 3.75. The van der Waals surface area contributed by atoms with Gasteiger partial charge in [0.25, 0.3) is 5.91 Å². The molecule has 1 aromatic carbocycles. The van der Waals surface area contributed by atoms with Crippen LogP contribution in [0.25, 0.3) is 0 Å². The average Bonchev–Trinajstić information content (AvgIpc) is 2.66. The van der Waals surface area contributed by atoms with Gasteiger partial charge < -0.3 is 16.0 Å². The third-order valence-electron chi connectivity index (χ3n) is 6.11. The molecule has 0 saturated heterocycles. The minimum Gasteiger partial charge on any atom is -0.359 e. The number of aryl methyl sites for hydroxylation is 2. The molecule has 1 aliphatic rings. The zero-order valence-corrected chi connectivity index (χ0v) is 18.8. The van der Waals surface area contributed by atoms with Crippen molar-refractivity contribution in [3.63, 3.8) is 0 Å². The largest absolute Gasteiger partial charge is 0.359 e. The van der Waals surface area contributed by atoms with Gasteiger partial charge in [-0.25, -0.2) is 9.38 Å². The van der Waals surface area contributed by atoms with Gasteiger partial charge in [0.15, 0.2) is 0 Å². The lowest BCUT2D eigenvalue weighted by atomic mass is 9.68. The van der Waals surface area contributed by atoms with Gasteiger partial charge in [0, 0.05) is 31.1 Å². The summed E-state index contributed by atoms with van der Waals surface area (Å²) in [6.45, 7) is 15.1. The van der Waals surface area contributed by atoms with Crippen LogP contribution in [0.1, 0.15) is 49.3 Å². The van der Waals surface area contributed by atoms with Crippen molar-refractivity contribution in [2.75, 3.05) is 26.7 Å². The second-order valence-corrected chi connectivity index (χ2v) is 8.33. The highest BCUT2D eigenvalue weighted by atomic mass is 19.1. The molecule has 1 amide bonds. The van der Waals surface area contributed by atoms with Crippen molar-refractivity contribution in [2.24, 2.45) is 10.7 Å². The highest BCUT2D eigenvalue weighted by Crippen LogP contribution is 2.41. The molecule has 1 aliphatic heterocycles. The van der Waals surface area contributed by atoms with Gasteiger partial charge >= 0.3 is 0 Å². The molecule has 0 aromatic heterocycles. The fraction of sp³-hybridized carbons (Fsp3) is 0.500. The van der Waals surface area contributed by atoms with Gasteiger partial charge in [-0.3, -0.25) is 4.79 Å². The minimum absolute atomic E-state index is 0.145. The molecule has 2 rings (SSSR count). The molecule has 0 spiro atoms. The first-order valence-electron chi connectivity index (χ1n) is 10.5. The second kappa shape index (κ2) is 10.0. The Morgan fingerprint density at radius 2 is 2.07 bits per heavy atom. The van der Waals surface area contributed by atoms with Crippen LogP contribution in [-0.4, -0.2) is 44.2 Å². The van der Waals surface area contributed by atoms with Crippen LogP contribution in [0.4, 0.5) is 4.39 Å². The Kier molecular flexibility index (Phi) is 7.96. The maximum atomic E-state index is 15.1. The molecule has 1 unspecified atom stereocenters. The van der Waals surface area contributed by atoms with Crippen molar-refractivity contribution in [2.45, 2.75) is 51.9 Å². The minimum atomic E-state index is -0.638. The standard InChI is InChI=1S/C24H35FN4O/c1-16(2)24(9-11-26,21-18(4)14-17(3)15-20(21)25)10-12-28-23(30)19-8-7-13-29(6)22(19)27-5/h14-15H,1,5,7-13,26H2,2-4,6H3,(H,28,30). The molecule has 0 aliphatic carbocycles. The topological polar surface area (TPSA) is 70.7 Å². The van der Waals surface area contributed by atoms with E-state index in [1.807, 2.05) is 38.8 Å². The number of benzene rings is 1. The van der Waals surface area contributed by atoms with E-state index in [-0.39, 0.29) is 11.7 Å². The number of carbonyl (C=O) groups excluding carboxylic acids is 1. The number of hydrogen-bond acceptors (Lipinski definition) is 4. The van der Waals surface area contributed by atoms with Gasteiger partial charge in [0.1, 0.15) is 11.6 Å². The molecule has 0 saturated carbocycles. The molecule has 1 aromatic rings. The van der Waals surface area contributed by atoms with Gasteiger partial charge in [-0.05, 0) is 76.9 Å². The van der Waals surface area contributed by atoms with Gasteiger partial charge in [0.2, 0.25) is 0 Å². The fourth-order valence-corrected chi connectivity index (χ4v) is 4.65. The van der Waals surface area contributed by atoms with Gasteiger partial charge in [-0.2, -0.15) is 0 Å². The van der Waals surface area contributed by atoms with Gasteiger partial charge in [-0.1, -0.05) is 18.2 Å². The Hall–Kier alpha value is -2.47. The molecule has 164 valence electrons. The normalized spacial score (nSPS) is 16.3. The first kappa shape index (κ1) is 23.8. The molecular formula is C24H35FN4O. The van der Waals surface area contributed by atoms with E-state index in [0.717, 1.165) is 29.7 Å². The Balaban J connectivity index is 2.30. The summed E-state index contributed by atoms with van der Waals surface area (Å²) in [6.07, 6.45) is 2.65. The van der Waals surface area contributed by atoms with E-state index in [1.165, 1.54) is 0 Å². The summed E-state index contributed by atoms with van der Waals surface area (Å²) >= 11 is 0. The Morgan fingerprint density at radius 3 is 2.63 bits per heavy atom. The lowest BCUT2D eigenvalue weighted by molar-refractivity contribution is -0.118. The van der Waals surface area contributed by atoms with Crippen LogP contribution in [0.2, 0.25) is 0 Å². The molecule has 30 heavy (non-hydrogen) atoms. The zero-order valence-electron chi connectivity index (χ0n) is 18.8. The number of nitrogens with one attached hydrogen (secondary N) is 1. The number of halogens is 1. The Labute approximate surface area is 179 Å². The first-order chi connectivity index (χ1) is 14.2. The van der Waals surface area contributed by atoms with E-state index in [4.69, 9.17) is 5.73 Å². The summed E-state index contributed by atoms with van der Waals surface area (Å²) in [5.41, 5.74) is 9.18. The van der Waals surface area contributed by atoms with Crippen LogP contribution in [0.5, 0.6) is 0 Å². The maximum Gasteiger partial charge on any atom is 0.250 e. The first-order valence-corrected chi connectivity index (χ1v) is 10.5. The molecule has 1 atom stereocenters. The van der Waals surface area contributed by atoms with E-state index < -0.39 is 5.41 Å². The van der Waals surface area contributed by atoms with Crippen LogP contribution in [-0.2, 0) is 10.2 Å². The summed E-state index contributed by atoms with van der Waals surface area (Å²) in [6, 6.07) is 3.54. The van der Waals surface area contributed by atoms with Crippen molar-refractivity contribution in [3.8, 4) is 0 Å². The molecule has 5 nitrogen and oxygen atoms in total. The number of allylic oxidation sites excluding steroid dienone is 1. The smallest absolute Gasteiger partial charge is 0.250 e. The van der Waals surface area contributed by atoms with Crippen LogP contribution in [0.3, 0.4) is 0 Å². The van der Waals surface area contributed by atoms with Crippen molar-refractivity contribution in [3.05, 3.63) is 58.2 Å². The lowest BCUT2D eigenvalue weighted by Gasteiger charge is -2.37. The fourth-order valence-electron chi connectivity index (χ4n) is 4.65. The molecule has 6 heteroatoms. The SMILES string of the molecule is C=NC1=C(C(=O)NCCC(CCN)(C(=C)C)c2c(C)cc(C)cc2F)CCCN1C. The number of nitrogens with two attached hydrogens (primary N) is 1. The van der Waals surface area contributed by atoms with E-state index in [0.29, 0.717) is 49.3 Å². The molecule has 0 radical (unpaired) electrons. The third kappa shape index (κ3) is 4.81. The van der Waals surface area contributed by atoms with Crippen LogP contribution < -0.4 is 11.1 Å². The molecule has 3 N–H and O–H groups in total. The van der Waals surface area contributed by atoms with Crippen molar-refractivity contribution < 1.29 is 9.18 Å². The summed E-state index contributed by atoms with van der Waals surface area (Å²) in [5.74, 6) is 0.241. The molecular weight excluding hydrogens is 379 g/mol. The number of nitrogens with zero attached hydrogens (tertiary/aromatic N) is 2. The van der Waals surface area contributed by atoms with E-state index >= 15 is 4.39 Å². The van der Waals surface area contributed by atoms with Crippen LogP contribution in [0.15, 0.2) is 40.7 Å². The maximum absolute atomic E-state index is 15.1. The summed E-state index contributed by atoms with van der Waals surface area (Å²) < 4.78 is 15.1. The Morgan fingerprint density at radius 1 is 1.37 bits per heavy atom. The Bertz CT molecular complexity index is 838. The molecule has 1 heterocycles. The number of aliphatic imine (C=N–C) groups is 1. The quantitative estimate of drug-likeness (QED) is 0.478. The van der Waals surface area contributed by atoms with Crippen LogP contribution in [0, 0.1) is 19.7 Å². The highest BCUT2D eigenvalue weighted by Gasteiger charge is 2.36. The molecule has 0 bridgehead atoms. The lowest BCUT2D eigenvalue weighted by Crippen LogP contribution is -2.38. The van der Waals surface area contributed by atoms with Crippen molar-refractivity contribution in [1.82, 2.24) is 10.2 Å². The predicted molar refractivity (Wildman–Crippen MR) is 122 cm³/mol. The third-order valence-corrected chi connectivity index (χ3v) is 6.11. The summed E-state index contributed by atoms with van der Waals surface area (Å²) in [7, 11) is 1.91. The molecule has 0 fully saturated rings. The van der Waals surface area contributed by atoms with Crippen LogP contribution >= 0.6 is 0 Å². The summed E-state index contributed by atoms with van der Waals surface area (Å²) in [5, 5.41) is 3.01. The van der Waals surface area contributed by atoms with E-state index in [2.05, 4.69) is 23.6 Å². The number of amides is 1. The highest BCUT2D eigenvalue weighted by molar-refractivity contribution is 5.94. The monoisotopic (exact) mass is 414 g/mol. The number of rotatable bonds is 9. The van der Waals surface area contributed by atoms with Crippen molar-refractivity contribution >= 4 is 12.6 Å². The second-order valence-electron chi connectivity index (χ2n) is 8.33. The zero-order chi connectivity index (χ0) is 22.5. The van der Waals surface area contributed by atoms with E-state index in [9.17, 15) is 4.79 Å². The van der Waals surface area contributed by atoms with E-state index in [1.54, 1.807) is 6.07 Å². The van der Waals surface area contributed by atoms with Gasteiger partial charge in [0.05, 0.1) is 5.57 Å². The average molecular weight is 415 g/mol.